The minimum atomic E-state index is 0.484. The van der Waals surface area contributed by atoms with E-state index in [9.17, 15) is 0 Å². The number of halogens is 1. The summed E-state index contributed by atoms with van der Waals surface area (Å²) in [4.78, 5) is 6.94. The average molecular weight is 296 g/mol. The van der Waals surface area contributed by atoms with Gasteiger partial charge in [0.1, 0.15) is 0 Å². The molecule has 1 aliphatic carbocycles. The van der Waals surface area contributed by atoms with Crippen molar-refractivity contribution in [3.63, 3.8) is 0 Å². The van der Waals surface area contributed by atoms with Crippen molar-refractivity contribution in [3.8, 4) is 0 Å². The summed E-state index contributed by atoms with van der Waals surface area (Å²) >= 11 is 3.51. The summed E-state index contributed by atoms with van der Waals surface area (Å²) in [6, 6.07) is 3.48. The number of nitrogens with two attached hydrogens (primary N) is 1. The summed E-state index contributed by atoms with van der Waals surface area (Å²) in [7, 11) is 0. The van der Waals surface area contributed by atoms with Gasteiger partial charge in [-0.15, -0.1) is 0 Å². The zero-order valence-corrected chi connectivity index (χ0v) is 11.4. The molecule has 2 N–H and O–H groups in total. The Morgan fingerprint density at radius 2 is 2.18 bits per heavy atom. The number of rotatable bonds is 3. The van der Waals surface area contributed by atoms with Gasteiger partial charge < -0.3 is 5.73 Å². The van der Waals surface area contributed by atoms with Crippen LogP contribution in [-0.2, 0) is 0 Å². The zero-order chi connectivity index (χ0) is 11.8. The van der Waals surface area contributed by atoms with Crippen LogP contribution >= 0.6 is 15.9 Å². The van der Waals surface area contributed by atoms with Crippen LogP contribution in [0.1, 0.15) is 30.9 Å². The lowest BCUT2D eigenvalue weighted by molar-refractivity contribution is 0.220. The highest BCUT2D eigenvalue weighted by molar-refractivity contribution is 9.10. The molecule has 1 saturated heterocycles. The highest BCUT2D eigenvalue weighted by Crippen LogP contribution is 2.43. The Morgan fingerprint density at radius 3 is 2.82 bits per heavy atom. The van der Waals surface area contributed by atoms with Gasteiger partial charge in [-0.05, 0) is 65.8 Å². The topological polar surface area (TPSA) is 42.1 Å². The molecule has 0 radical (unpaired) electrons. The van der Waals surface area contributed by atoms with E-state index in [1.54, 1.807) is 0 Å². The van der Waals surface area contributed by atoms with Gasteiger partial charge in [0.25, 0.3) is 0 Å². The van der Waals surface area contributed by atoms with Crippen LogP contribution in [0.2, 0.25) is 0 Å². The molecule has 1 aromatic heterocycles. The van der Waals surface area contributed by atoms with E-state index in [1.165, 1.54) is 31.4 Å². The molecule has 2 heterocycles. The van der Waals surface area contributed by atoms with Gasteiger partial charge in [0.2, 0.25) is 0 Å². The minimum Gasteiger partial charge on any atom is -0.330 e. The molecule has 0 spiro atoms. The third-order valence-electron chi connectivity index (χ3n) is 3.95. The molecule has 0 aromatic carbocycles. The van der Waals surface area contributed by atoms with Gasteiger partial charge >= 0.3 is 0 Å². The molecule has 1 aromatic rings. The van der Waals surface area contributed by atoms with Gasteiger partial charge in [0.05, 0.1) is 0 Å². The van der Waals surface area contributed by atoms with Crippen LogP contribution in [0.3, 0.4) is 0 Å². The summed E-state index contributed by atoms with van der Waals surface area (Å²) in [6.45, 7) is 1.98. The number of aromatic nitrogens is 1. The van der Waals surface area contributed by atoms with E-state index in [0.717, 1.165) is 17.1 Å². The van der Waals surface area contributed by atoms with Crippen LogP contribution in [0.15, 0.2) is 22.9 Å². The predicted molar refractivity (Wildman–Crippen MR) is 71.6 cm³/mol. The second-order valence-corrected chi connectivity index (χ2v) is 6.05. The van der Waals surface area contributed by atoms with Gasteiger partial charge in [-0.25, -0.2) is 0 Å². The van der Waals surface area contributed by atoms with Crippen molar-refractivity contribution in [1.29, 1.82) is 0 Å². The quantitative estimate of drug-likeness (QED) is 0.931. The fourth-order valence-electron chi connectivity index (χ4n) is 3.00. The molecule has 3 rings (SSSR count). The lowest BCUT2D eigenvalue weighted by Gasteiger charge is -2.28. The molecule has 4 heteroatoms. The van der Waals surface area contributed by atoms with E-state index in [2.05, 4.69) is 31.9 Å². The third-order valence-corrected chi connectivity index (χ3v) is 4.38. The fourth-order valence-corrected chi connectivity index (χ4v) is 3.38. The van der Waals surface area contributed by atoms with Crippen molar-refractivity contribution in [3.05, 3.63) is 28.5 Å². The van der Waals surface area contributed by atoms with Crippen LogP contribution in [0, 0.1) is 5.92 Å². The van der Waals surface area contributed by atoms with E-state index in [1.807, 2.05) is 12.4 Å². The number of hydrogen-bond acceptors (Lipinski definition) is 3. The second-order valence-electron chi connectivity index (χ2n) is 5.13. The maximum atomic E-state index is 5.92. The summed E-state index contributed by atoms with van der Waals surface area (Å²) in [6.07, 6.45) is 7.78. The zero-order valence-electron chi connectivity index (χ0n) is 9.85. The van der Waals surface area contributed by atoms with Crippen molar-refractivity contribution in [1.82, 2.24) is 9.88 Å². The molecule has 1 aliphatic heterocycles. The molecule has 2 aliphatic rings. The van der Waals surface area contributed by atoms with Gasteiger partial charge in [0, 0.05) is 29.0 Å². The molecule has 2 atom stereocenters. The summed E-state index contributed by atoms with van der Waals surface area (Å²) in [5.41, 5.74) is 7.24. The summed E-state index contributed by atoms with van der Waals surface area (Å²) < 4.78 is 1.06. The van der Waals surface area contributed by atoms with Crippen molar-refractivity contribution >= 4 is 15.9 Å². The first-order valence-corrected chi connectivity index (χ1v) is 7.15. The van der Waals surface area contributed by atoms with Crippen LogP contribution in [0.5, 0.6) is 0 Å². The maximum absolute atomic E-state index is 5.92. The molecule has 92 valence electrons. The normalized spacial score (nSPS) is 29.8. The average Bonchev–Trinajstić information content (AvgIpc) is 3.08. The lowest BCUT2D eigenvalue weighted by Crippen LogP contribution is -2.30. The number of hydrogen-bond donors (Lipinski definition) is 1. The van der Waals surface area contributed by atoms with E-state index in [-0.39, 0.29) is 0 Å². The van der Waals surface area contributed by atoms with Gasteiger partial charge in [-0.1, -0.05) is 0 Å². The molecule has 2 fully saturated rings. The van der Waals surface area contributed by atoms with E-state index in [0.29, 0.717) is 12.0 Å². The molecule has 0 bridgehead atoms. The van der Waals surface area contributed by atoms with Gasteiger partial charge in [-0.3, -0.25) is 9.88 Å². The molecular weight excluding hydrogens is 278 g/mol. The van der Waals surface area contributed by atoms with Crippen LogP contribution < -0.4 is 5.73 Å². The largest absolute Gasteiger partial charge is 0.330 e. The van der Waals surface area contributed by atoms with E-state index >= 15 is 0 Å². The SMILES string of the molecule is NCC1CCN(C2CC2)C1c1cncc(Br)c1. The maximum Gasteiger partial charge on any atom is 0.0410 e. The van der Waals surface area contributed by atoms with Crippen molar-refractivity contribution in [2.75, 3.05) is 13.1 Å². The molecule has 0 amide bonds. The number of pyridine rings is 1. The molecule has 3 nitrogen and oxygen atoms in total. The highest BCUT2D eigenvalue weighted by Gasteiger charge is 2.42. The Bertz CT molecular complexity index is 405. The molecule has 17 heavy (non-hydrogen) atoms. The number of nitrogens with zero attached hydrogens (tertiary/aromatic N) is 2. The van der Waals surface area contributed by atoms with Crippen molar-refractivity contribution < 1.29 is 0 Å². The van der Waals surface area contributed by atoms with Crippen LogP contribution in [0.25, 0.3) is 0 Å². The Labute approximate surface area is 111 Å². The van der Waals surface area contributed by atoms with Crippen molar-refractivity contribution in [2.45, 2.75) is 31.3 Å². The van der Waals surface area contributed by atoms with Gasteiger partial charge in [-0.2, -0.15) is 0 Å². The first-order valence-electron chi connectivity index (χ1n) is 6.36. The molecular formula is C13H18BrN3. The molecule has 2 unspecified atom stereocenters. The second kappa shape index (κ2) is 4.67. The monoisotopic (exact) mass is 295 g/mol. The number of likely N-dealkylation sites (tertiary alicyclic amines) is 1. The molecule has 1 saturated carbocycles. The van der Waals surface area contributed by atoms with Crippen LogP contribution in [0.4, 0.5) is 0 Å². The smallest absolute Gasteiger partial charge is 0.0410 e. The van der Waals surface area contributed by atoms with E-state index < -0.39 is 0 Å². The Kier molecular flexibility index (Phi) is 3.19. The highest BCUT2D eigenvalue weighted by atomic mass is 79.9. The Hall–Kier alpha value is -0.450. The Morgan fingerprint density at radius 1 is 1.35 bits per heavy atom. The first kappa shape index (κ1) is 11.6. The minimum absolute atomic E-state index is 0.484. The van der Waals surface area contributed by atoms with E-state index in [4.69, 9.17) is 5.73 Å². The summed E-state index contributed by atoms with van der Waals surface area (Å²) in [5.74, 6) is 0.590. The standard InChI is InChI=1S/C13H18BrN3/c14-11-5-10(7-16-8-11)13-9(6-15)3-4-17(13)12-1-2-12/h5,7-9,12-13H,1-4,6,15H2. The Balaban J connectivity index is 1.90. The first-order chi connectivity index (χ1) is 8.29. The fraction of sp³-hybridized carbons (Fsp3) is 0.615. The lowest BCUT2D eigenvalue weighted by atomic mass is 9.95. The predicted octanol–water partition coefficient (Wildman–Crippen LogP) is 2.33. The van der Waals surface area contributed by atoms with Crippen molar-refractivity contribution in [2.24, 2.45) is 11.7 Å². The van der Waals surface area contributed by atoms with Crippen LogP contribution in [-0.4, -0.2) is 29.0 Å². The van der Waals surface area contributed by atoms with Gasteiger partial charge in [0.15, 0.2) is 0 Å². The third kappa shape index (κ3) is 2.26. The summed E-state index contributed by atoms with van der Waals surface area (Å²) in [5, 5.41) is 0.